The van der Waals surface area contributed by atoms with Crippen LogP contribution in [0.5, 0.6) is 5.75 Å². The summed E-state index contributed by atoms with van der Waals surface area (Å²) in [6, 6.07) is 17.6. The maximum atomic E-state index is 15.5. The van der Waals surface area contributed by atoms with Crippen LogP contribution in [0.3, 0.4) is 0 Å². The average molecular weight is 469 g/mol. The summed E-state index contributed by atoms with van der Waals surface area (Å²) < 4.78 is 22.6. The molecule has 0 unspecified atom stereocenters. The fraction of sp³-hybridized carbons (Fsp3) is 0.0769. The Morgan fingerprint density at radius 1 is 1.06 bits per heavy atom. The molecule has 0 fully saturated rings. The highest BCUT2D eigenvalue weighted by Crippen LogP contribution is 2.43. The molecule has 5 aromatic rings. The fourth-order valence-electron chi connectivity index (χ4n) is 4.06. The van der Waals surface area contributed by atoms with Crippen molar-refractivity contribution in [1.29, 1.82) is 0 Å². The number of carbonyl (C=O) groups is 1. The Balaban J connectivity index is 1.82. The number of fused-ring (bicyclic) bond motifs is 1. The van der Waals surface area contributed by atoms with Gasteiger partial charge in [-0.25, -0.2) is 18.9 Å². The summed E-state index contributed by atoms with van der Waals surface area (Å²) in [5, 5.41) is 17.7. The number of aryl methyl sites for hydroxylation is 1. The van der Waals surface area contributed by atoms with E-state index in [0.717, 1.165) is 5.69 Å². The molecule has 0 radical (unpaired) electrons. The summed E-state index contributed by atoms with van der Waals surface area (Å²) in [7, 11) is 1.38. The normalized spacial score (nSPS) is 10.9. The first-order valence-corrected chi connectivity index (χ1v) is 10.7. The molecule has 0 aliphatic carbocycles. The number of hydrogen-bond acceptors (Lipinski definition) is 6. The molecule has 174 valence electrons. The molecule has 0 saturated heterocycles. The smallest absolute Gasteiger partial charge is 0.337 e. The van der Waals surface area contributed by atoms with Crippen LogP contribution in [0.1, 0.15) is 16.1 Å². The molecule has 2 heterocycles. The van der Waals surface area contributed by atoms with E-state index in [1.54, 1.807) is 35.9 Å². The second kappa shape index (κ2) is 8.86. The predicted molar refractivity (Wildman–Crippen MR) is 130 cm³/mol. The van der Waals surface area contributed by atoms with E-state index in [1.165, 1.54) is 25.6 Å². The molecule has 5 rings (SSSR count). The van der Waals surface area contributed by atoms with E-state index in [-0.39, 0.29) is 16.8 Å². The molecule has 35 heavy (non-hydrogen) atoms. The number of para-hydroxylation sites is 2. The molecule has 2 N–H and O–H groups in total. The first-order valence-electron chi connectivity index (χ1n) is 10.7. The second-order valence-corrected chi connectivity index (χ2v) is 7.73. The Labute approximate surface area is 199 Å². The Bertz CT molecular complexity index is 1570. The summed E-state index contributed by atoms with van der Waals surface area (Å²) in [5.74, 6) is -1.29. The van der Waals surface area contributed by atoms with Gasteiger partial charge in [-0.15, -0.1) is 0 Å². The summed E-state index contributed by atoms with van der Waals surface area (Å²) in [5.41, 5.74) is 3.14. The quantitative estimate of drug-likeness (QED) is 0.344. The molecule has 0 atom stereocenters. The van der Waals surface area contributed by atoms with Gasteiger partial charge in [0.05, 0.1) is 40.8 Å². The van der Waals surface area contributed by atoms with Crippen LogP contribution in [0, 0.1) is 12.7 Å². The van der Waals surface area contributed by atoms with Gasteiger partial charge in [-0.05, 0) is 37.3 Å². The number of benzene rings is 3. The van der Waals surface area contributed by atoms with Gasteiger partial charge in [-0.2, -0.15) is 5.10 Å². The monoisotopic (exact) mass is 469 g/mol. The Hall–Kier alpha value is -4.79. The molecule has 9 heteroatoms. The van der Waals surface area contributed by atoms with Gasteiger partial charge in [0.1, 0.15) is 11.3 Å². The summed E-state index contributed by atoms with van der Waals surface area (Å²) >= 11 is 0. The van der Waals surface area contributed by atoms with Crippen molar-refractivity contribution in [2.75, 3.05) is 12.4 Å². The number of rotatable bonds is 6. The van der Waals surface area contributed by atoms with Gasteiger partial charge in [0.25, 0.3) is 0 Å². The lowest BCUT2D eigenvalue weighted by Gasteiger charge is -2.16. The van der Waals surface area contributed by atoms with Crippen molar-refractivity contribution in [1.82, 2.24) is 19.7 Å². The molecule has 8 nitrogen and oxygen atoms in total. The number of aromatic carboxylic acids is 1. The van der Waals surface area contributed by atoms with Crippen LogP contribution in [0.2, 0.25) is 0 Å². The van der Waals surface area contributed by atoms with Crippen LogP contribution < -0.4 is 10.1 Å². The number of carboxylic acid groups (broad SMARTS) is 1. The van der Waals surface area contributed by atoms with Gasteiger partial charge in [0.15, 0.2) is 11.6 Å². The number of hydrogen-bond donors (Lipinski definition) is 2. The van der Waals surface area contributed by atoms with Crippen LogP contribution >= 0.6 is 0 Å². The fourth-order valence-corrected chi connectivity index (χ4v) is 4.06. The van der Waals surface area contributed by atoms with Crippen molar-refractivity contribution < 1.29 is 19.0 Å². The minimum atomic E-state index is -1.08. The first kappa shape index (κ1) is 22.0. The van der Waals surface area contributed by atoms with E-state index in [9.17, 15) is 9.90 Å². The Morgan fingerprint density at radius 3 is 2.51 bits per heavy atom. The van der Waals surface area contributed by atoms with Crippen LogP contribution in [0.15, 0.2) is 73.1 Å². The first-order chi connectivity index (χ1) is 17.0. The number of methoxy groups -OCH3 is 1. The molecular formula is C26H20FN5O3. The van der Waals surface area contributed by atoms with E-state index in [2.05, 4.69) is 15.3 Å². The van der Waals surface area contributed by atoms with Gasteiger partial charge < -0.3 is 15.2 Å². The highest BCUT2D eigenvalue weighted by Gasteiger charge is 2.26. The second-order valence-electron chi connectivity index (χ2n) is 7.73. The molecule has 0 aliphatic heterocycles. The third-order valence-corrected chi connectivity index (χ3v) is 5.60. The third kappa shape index (κ3) is 3.82. The molecule has 0 bridgehead atoms. The Kier molecular flexibility index (Phi) is 5.58. The van der Waals surface area contributed by atoms with E-state index in [0.29, 0.717) is 33.8 Å². The lowest BCUT2D eigenvalue weighted by atomic mass is 10.0. The molecule has 0 spiro atoms. The number of carboxylic acids is 1. The zero-order chi connectivity index (χ0) is 24.5. The summed E-state index contributed by atoms with van der Waals surface area (Å²) in [6.45, 7) is 1.79. The molecule has 0 saturated carbocycles. The van der Waals surface area contributed by atoms with Gasteiger partial charge in [-0.3, -0.25) is 4.98 Å². The van der Waals surface area contributed by atoms with Crippen LogP contribution in [0.4, 0.5) is 15.9 Å². The maximum absolute atomic E-state index is 15.5. The minimum absolute atomic E-state index is 0.0109. The zero-order valence-electron chi connectivity index (χ0n) is 18.9. The van der Waals surface area contributed by atoms with Crippen molar-refractivity contribution >= 4 is 28.5 Å². The highest BCUT2D eigenvalue weighted by molar-refractivity contribution is 5.97. The standard InChI is InChI=1S/C26H20FN5O3/c1-15-21(18-14-20-23(29-13-12-28-20)22(27)24(18)35-2)25(32(31-15)16-8-4-3-5-9-16)30-19-11-7-6-10-17(19)26(33)34/h3-14,30H,1-2H3,(H,33,34). The van der Waals surface area contributed by atoms with Crippen molar-refractivity contribution in [2.45, 2.75) is 6.92 Å². The van der Waals surface area contributed by atoms with Crippen molar-refractivity contribution in [3.63, 3.8) is 0 Å². The van der Waals surface area contributed by atoms with Crippen LogP contribution in [-0.4, -0.2) is 37.9 Å². The number of anilines is 2. The molecular weight excluding hydrogens is 449 g/mol. The van der Waals surface area contributed by atoms with E-state index >= 15 is 4.39 Å². The molecule has 2 aromatic heterocycles. The van der Waals surface area contributed by atoms with Gasteiger partial charge >= 0.3 is 5.97 Å². The predicted octanol–water partition coefficient (Wildman–Crippen LogP) is 5.38. The number of nitrogens with one attached hydrogen (secondary N) is 1. The lowest BCUT2D eigenvalue weighted by Crippen LogP contribution is -2.07. The third-order valence-electron chi connectivity index (χ3n) is 5.60. The summed E-state index contributed by atoms with van der Waals surface area (Å²) in [6.07, 6.45) is 2.90. The van der Waals surface area contributed by atoms with Crippen molar-refractivity contribution in [2.24, 2.45) is 0 Å². The number of aromatic nitrogens is 4. The number of halogens is 1. The minimum Gasteiger partial charge on any atom is -0.493 e. The largest absolute Gasteiger partial charge is 0.493 e. The van der Waals surface area contributed by atoms with Crippen molar-refractivity contribution in [3.8, 4) is 22.6 Å². The SMILES string of the molecule is COc1c(-c2c(C)nn(-c3ccccc3)c2Nc2ccccc2C(=O)O)cc2nccnc2c1F. The molecule has 3 aromatic carbocycles. The van der Waals surface area contributed by atoms with Crippen LogP contribution in [-0.2, 0) is 0 Å². The number of nitrogens with zero attached hydrogens (tertiary/aromatic N) is 4. The topological polar surface area (TPSA) is 102 Å². The van der Waals surface area contributed by atoms with Gasteiger partial charge in [-0.1, -0.05) is 30.3 Å². The number of ether oxygens (including phenoxy) is 1. The maximum Gasteiger partial charge on any atom is 0.337 e. The van der Waals surface area contributed by atoms with Gasteiger partial charge in [0.2, 0.25) is 0 Å². The molecule has 0 amide bonds. The average Bonchev–Trinajstić information content (AvgIpc) is 3.20. The lowest BCUT2D eigenvalue weighted by molar-refractivity contribution is 0.0698. The van der Waals surface area contributed by atoms with E-state index in [1.807, 2.05) is 30.3 Å². The summed E-state index contributed by atoms with van der Waals surface area (Å²) in [4.78, 5) is 20.2. The Morgan fingerprint density at radius 2 is 1.77 bits per heavy atom. The van der Waals surface area contributed by atoms with Gasteiger partial charge in [0, 0.05) is 18.0 Å². The molecule has 0 aliphatic rings. The van der Waals surface area contributed by atoms with E-state index in [4.69, 9.17) is 9.84 Å². The van der Waals surface area contributed by atoms with Crippen LogP contribution in [0.25, 0.3) is 27.8 Å². The zero-order valence-corrected chi connectivity index (χ0v) is 18.9. The highest BCUT2D eigenvalue weighted by atomic mass is 19.1. The van der Waals surface area contributed by atoms with E-state index < -0.39 is 11.8 Å². The van der Waals surface area contributed by atoms with Crippen molar-refractivity contribution in [3.05, 3.63) is 90.1 Å².